The molecule has 0 unspecified atom stereocenters. The predicted octanol–water partition coefficient (Wildman–Crippen LogP) is 4.99. The smallest absolute Gasteiger partial charge is 0.336 e. The van der Waals surface area contributed by atoms with Crippen LogP contribution in [0.1, 0.15) is 34.1 Å². The average molecular weight is 558 g/mol. The maximum absolute atomic E-state index is 12.7. The van der Waals surface area contributed by atoms with Crippen LogP contribution in [-0.4, -0.2) is 66.7 Å². The molecule has 196 valence electrons. The molecule has 2 N–H and O–H groups in total. The van der Waals surface area contributed by atoms with Crippen molar-refractivity contribution in [1.29, 1.82) is 0 Å². The topological polar surface area (TPSA) is 95.0 Å². The van der Waals surface area contributed by atoms with Gasteiger partial charge in [-0.1, -0.05) is 19.1 Å². The highest BCUT2D eigenvalue weighted by Crippen LogP contribution is 2.27. The van der Waals surface area contributed by atoms with Gasteiger partial charge >= 0.3 is 5.97 Å². The molecular formula is C25H31Cl3N4O4. The molecule has 4 rings (SSSR count). The van der Waals surface area contributed by atoms with E-state index in [-0.39, 0.29) is 48.7 Å². The molecule has 1 fully saturated rings. The number of nitrogens with one attached hydrogen (secondary N) is 1. The van der Waals surface area contributed by atoms with E-state index in [1.807, 2.05) is 0 Å². The number of hydrogen-bond acceptors (Lipinski definition) is 6. The van der Waals surface area contributed by atoms with Gasteiger partial charge in [0.05, 0.1) is 23.8 Å². The number of pyridine rings is 1. The number of benzene rings is 2. The van der Waals surface area contributed by atoms with Gasteiger partial charge in [0.15, 0.2) is 0 Å². The van der Waals surface area contributed by atoms with Gasteiger partial charge in [0, 0.05) is 37.3 Å². The van der Waals surface area contributed by atoms with Crippen LogP contribution in [0, 0.1) is 0 Å². The van der Waals surface area contributed by atoms with Gasteiger partial charge in [-0.2, -0.15) is 0 Å². The van der Waals surface area contributed by atoms with E-state index in [1.54, 1.807) is 48.5 Å². The van der Waals surface area contributed by atoms with Crippen molar-refractivity contribution >= 4 is 71.5 Å². The van der Waals surface area contributed by atoms with Crippen LogP contribution in [0.15, 0.2) is 48.5 Å². The molecule has 11 heteroatoms. The highest BCUT2D eigenvalue weighted by molar-refractivity contribution is 6.09. The van der Waals surface area contributed by atoms with E-state index in [2.05, 4.69) is 22.0 Å². The Kier molecular flexibility index (Phi) is 12.2. The number of amides is 1. The Morgan fingerprint density at radius 1 is 1.00 bits per heavy atom. The van der Waals surface area contributed by atoms with Crippen LogP contribution in [0.3, 0.4) is 0 Å². The first-order chi connectivity index (χ1) is 16.0. The number of carboxylic acids is 1. The summed E-state index contributed by atoms with van der Waals surface area (Å²) >= 11 is 0. The third-order valence-electron chi connectivity index (χ3n) is 5.87. The van der Waals surface area contributed by atoms with Crippen molar-refractivity contribution in [3.63, 3.8) is 0 Å². The lowest BCUT2D eigenvalue weighted by Gasteiger charge is -2.35. The number of methoxy groups -OCH3 is 1. The summed E-state index contributed by atoms with van der Waals surface area (Å²) in [6, 6.07) is 13.7. The molecule has 2 heterocycles. The zero-order chi connectivity index (χ0) is 23.4. The number of carbonyl (C=O) groups is 2. The van der Waals surface area contributed by atoms with Crippen molar-refractivity contribution in [1.82, 2.24) is 9.88 Å². The second-order valence-corrected chi connectivity index (χ2v) is 8.05. The second kappa shape index (κ2) is 14.1. The molecule has 1 aliphatic rings. The molecule has 0 radical (unpaired) electrons. The van der Waals surface area contributed by atoms with E-state index in [0.29, 0.717) is 33.7 Å². The lowest BCUT2D eigenvalue weighted by molar-refractivity contribution is 0.0698. The minimum atomic E-state index is -1.03. The molecule has 0 bridgehead atoms. The highest BCUT2D eigenvalue weighted by atomic mass is 35.5. The quantitative estimate of drug-likeness (QED) is 0.422. The number of carboxylic acid groups (broad SMARTS) is 1. The van der Waals surface area contributed by atoms with Crippen molar-refractivity contribution in [2.45, 2.75) is 13.3 Å². The Hall–Kier alpha value is -2.78. The number of carbonyl (C=O) groups excluding carboxylic acids is 1. The maximum Gasteiger partial charge on any atom is 0.336 e. The van der Waals surface area contributed by atoms with Gasteiger partial charge in [-0.25, -0.2) is 9.78 Å². The molecule has 0 spiro atoms. The number of para-hydroxylation sites is 1. The van der Waals surface area contributed by atoms with Gasteiger partial charge in [0.2, 0.25) is 0 Å². The summed E-state index contributed by atoms with van der Waals surface area (Å²) in [6.07, 6.45) is 1.12. The number of aromatic nitrogens is 1. The fourth-order valence-corrected chi connectivity index (χ4v) is 4.18. The van der Waals surface area contributed by atoms with Gasteiger partial charge in [-0.05, 0) is 49.4 Å². The van der Waals surface area contributed by atoms with E-state index in [9.17, 15) is 14.7 Å². The highest BCUT2D eigenvalue weighted by Gasteiger charge is 2.21. The van der Waals surface area contributed by atoms with Crippen molar-refractivity contribution in [3.8, 4) is 5.75 Å². The molecule has 36 heavy (non-hydrogen) atoms. The Morgan fingerprint density at radius 3 is 2.33 bits per heavy atom. The summed E-state index contributed by atoms with van der Waals surface area (Å²) < 4.78 is 5.26. The first kappa shape index (κ1) is 31.3. The van der Waals surface area contributed by atoms with Gasteiger partial charge in [-0.15, -0.1) is 37.2 Å². The van der Waals surface area contributed by atoms with Crippen LogP contribution in [-0.2, 0) is 0 Å². The van der Waals surface area contributed by atoms with Crippen molar-refractivity contribution in [2.24, 2.45) is 0 Å². The molecule has 2 aromatic carbocycles. The summed E-state index contributed by atoms with van der Waals surface area (Å²) in [5.41, 5.74) is 1.63. The van der Waals surface area contributed by atoms with E-state index >= 15 is 0 Å². The number of aromatic carboxylic acids is 1. The lowest BCUT2D eigenvalue weighted by atomic mass is 10.1. The summed E-state index contributed by atoms with van der Waals surface area (Å²) in [5.74, 6) is -0.228. The molecule has 8 nitrogen and oxygen atoms in total. The Labute approximate surface area is 229 Å². The zero-order valence-corrected chi connectivity index (χ0v) is 22.5. The molecule has 3 aromatic rings. The lowest BCUT2D eigenvalue weighted by Crippen LogP contribution is -2.46. The minimum Gasteiger partial charge on any atom is -0.496 e. The number of anilines is 2. The predicted molar refractivity (Wildman–Crippen MR) is 150 cm³/mol. The molecule has 1 aliphatic heterocycles. The van der Waals surface area contributed by atoms with Crippen LogP contribution in [0.5, 0.6) is 5.75 Å². The number of fused-ring (bicyclic) bond motifs is 1. The van der Waals surface area contributed by atoms with E-state index in [0.717, 1.165) is 39.1 Å². The van der Waals surface area contributed by atoms with E-state index in [1.165, 1.54) is 7.11 Å². The molecular weight excluding hydrogens is 527 g/mol. The van der Waals surface area contributed by atoms with Gasteiger partial charge in [0.1, 0.15) is 11.6 Å². The average Bonchev–Trinajstić information content (AvgIpc) is 2.84. The van der Waals surface area contributed by atoms with Crippen molar-refractivity contribution in [3.05, 3.63) is 59.7 Å². The van der Waals surface area contributed by atoms with Crippen LogP contribution in [0.25, 0.3) is 10.9 Å². The van der Waals surface area contributed by atoms with E-state index in [4.69, 9.17) is 9.72 Å². The summed E-state index contributed by atoms with van der Waals surface area (Å²) in [4.78, 5) is 34.1. The standard InChI is InChI=1S/C25H28N4O4.3ClH/c1-3-10-28-11-13-29(14-12-28)23-16-20(25(31)32)19-15-17(8-9-21(19)27-23)26-24(30)18-6-4-5-7-22(18)33-2;;;/h4-9,15-16H,3,10-14H2,1-2H3,(H,26,30)(H,31,32);3*1H. The number of rotatable bonds is 7. The van der Waals surface area contributed by atoms with Crippen molar-refractivity contribution < 1.29 is 19.4 Å². The SMILES string of the molecule is CCCN1CCN(c2cc(C(=O)O)c3cc(NC(=O)c4ccccc4OC)ccc3n2)CC1.Cl.Cl.Cl. The Morgan fingerprint density at radius 2 is 1.69 bits per heavy atom. The fourth-order valence-electron chi connectivity index (χ4n) is 4.18. The Balaban J connectivity index is 0.00000216. The first-order valence-corrected chi connectivity index (χ1v) is 11.1. The molecule has 0 atom stereocenters. The summed E-state index contributed by atoms with van der Waals surface area (Å²) in [6.45, 7) is 6.73. The van der Waals surface area contributed by atoms with E-state index < -0.39 is 5.97 Å². The van der Waals surface area contributed by atoms with Gasteiger partial charge in [0.25, 0.3) is 5.91 Å². The molecule has 1 saturated heterocycles. The first-order valence-electron chi connectivity index (χ1n) is 11.1. The van der Waals surface area contributed by atoms with Gasteiger partial charge < -0.3 is 20.1 Å². The molecule has 1 aromatic heterocycles. The molecule has 0 aliphatic carbocycles. The summed E-state index contributed by atoms with van der Waals surface area (Å²) in [5, 5.41) is 13.2. The number of hydrogen-bond donors (Lipinski definition) is 2. The van der Waals surface area contributed by atoms with Crippen LogP contribution in [0.2, 0.25) is 0 Å². The Bertz CT molecular complexity index is 1190. The number of piperazine rings is 1. The number of ether oxygens (including phenoxy) is 1. The van der Waals surface area contributed by atoms with Gasteiger partial charge in [-0.3, -0.25) is 9.69 Å². The van der Waals surface area contributed by atoms with Crippen LogP contribution < -0.4 is 15.0 Å². The molecule has 1 amide bonds. The monoisotopic (exact) mass is 556 g/mol. The third kappa shape index (κ3) is 6.91. The fraction of sp³-hybridized carbons (Fsp3) is 0.320. The minimum absolute atomic E-state index is 0. The zero-order valence-electron chi connectivity index (χ0n) is 20.1. The number of nitrogens with zero attached hydrogens (tertiary/aromatic N) is 3. The van der Waals surface area contributed by atoms with Crippen LogP contribution in [0.4, 0.5) is 11.5 Å². The number of halogens is 3. The molecule has 0 saturated carbocycles. The maximum atomic E-state index is 12.7. The normalized spacial score (nSPS) is 13.1. The second-order valence-electron chi connectivity index (χ2n) is 8.05. The summed E-state index contributed by atoms with van der Waals surface area (Å²) in [7, 11) is 1.51. The van der Waals surface area contributed by atoms with Crippen molar-refractivity contribution in [2.75, 3.05) is 50.1 Å². The van der Waals surface area contributed by atoms with Crippen LogP contribution >= 0.6 is 37.2 Å². The largest absolute Gasteiger partial charge is 0.496 e. The third-order valence-corrected chi connectivity index (χ3v) is 5.87.